The van der Waals surface area contributed by atoms with Crippen LogP contribution in [0.2, 0.25) is 5.02 Å². The van der Waals surface area contributed by atoms with Crippen LogP contribution in [0.5, 0.6) is 0 Å². The summed E-state index contributed by atoms with van der Waals surface area (Å²) in [6.07, 6.45) is 5.06. The number of carbonyl (C=O) groups excluding carboxylic acids is 3. The Morgan fingerprint density at radius 3 is 2.64 bits per heavy atom. The average Bonchev–Trinajstić information content (AvgIpc) is 3.42. The van der Waals surface area contributed by atoms with E-state index in [0.717, 1.165) is 0 Å². The fourth-order valence-electron chi connectivity index (χ4n) is 6.10. The minimum Gasteiger partial charge on any atom is -0.465 e. The average molecular weight is 517 g/mol. The number of fused-ring (bicyclic) bond motifs is 1. The number of aliphatic hydroxyl groups is 1. The van der Waals surface area contributed by atoms with Gasteiger partial charge in [-0.3, -0.25) is 14.4 Å². The number of ether oxygens (including phenoxy) is 2. The first-order valence-electron chi connectivity index (χ1n) is 12.3. The highest BCUT2D eigenvalue weighted by Gasteiger charge is 2.78. The van der Waals surface area contributed by atoms with Gasteiger partial charge in [0.05, 0.1) is 18.1 Å². The summed E-state index contributed by atoms with van der Waals surface area (Å²) in [4.78, 5) is 44.4. The molecule has 0 aliphatic carbocycles. The summed E-state index contributed by atoms with van der Waals surface area (Å²) in [6.45, 7) is 9.69. The van der Waals surface area contributed by atoms with E-state index in [-0.39, 0.29) is 38.1 Å². The molecule has 5 atom stereocenters. The summed E-state index contributed by atoms with van der Waals surface area (Å²) in [5, 5.41) is 10.0. The van der Waals surface area contributed by atoms with E-state index in [9.17, 15) is 19.5 Å². The largest absolute Gasteiger partial charge is 0.465 e. The van der Waals surface area contributed by atoms with Crippen LogP contribution in [0.15, 0.2) is 49.6 Å². The second-order valence-electron chi connectivity index (χ2n) is 9.80. The number of carbonyl (C=O) groups is 3. The van der Waals surface area contributed by atoms with Gasteiger partial charge in [-0.15, -0.1) is 13.2 Å². The number of hydrogen-bond acceptors (Lipinski definition) is 6. The number of hydrogen-bond donors (Lipinski definition) is 1. The molecule has 1 N–H and O–H groups in total. The predicted molar refractivity (Wildman–Crippen MR) is 135 cm³/mol. The normalized spacial score (nSPS) is 30.2. The van der Waals surface area contributed by atoms with Gasteiger partial charge in [-0.2, -0.15) is 0 Å². The van der Waals surface area contributed by atoms with Crippen LogP contribution in [0.4, 0.5) is 5.69 Å². The fourth-order valence-corrected chi connectivity index (χ4v) is 6.22. The molecule has 0 radical (unpaired) electrons. The third kappa shape index (κ3) is 4.25. The molecule has 3 fully saturated rings. The van der Waals surface area contributed by atoms with Crippen molar-refractivity contribution in [2.45, 2.75) is 49.9 Å². The van der Waals surface area contributed by atoms with Crippen LogP contribution in [0, 0.1) is 11.8 Å². The molecule has 0 aromatic heterocycles. The molecule has 2 unspecified atom stereocenters. The van der Waals surface area contributed by atoms with Crippen molar-refractivity contribution in [3.8, 4) is 0 Å². The van der Waals surface area contributed by atoms with Gasteiger partial charge in [0.15, 0.2) is 0 Å². The van der Waals surface area contributed by atoms with E-state index in [2.05, 4.69) is 13.2 Å². The van der Waals surface area contributed by atoms with Gasteiger partial charge in [-0.1, -0.05) is 23.8 Å². The van der Waals surface area contributed by atoms with Crippen molar-refractivity contribution >= 4 is 35.1 Å². The number of nitrogens with zero attached hydrogens (tertiary/aromatic N) is 2. The van der Waals surface area contributed by atoms with Gasteiger partial charge in [0.2, 0.25) is 5.91 Å². The number of amides is 2. The lowest BCUT2D eigenvalue weighted by atomic mass is 9.66. The van der Waals surface area contributed by atoms with Crippen LogP contribution >= 0.6 is 11.6 Å². The van der Waals surface area contributed by atoms with Crippen molar-refractivity contribution in [1.82, 2.24) is 4.90 Å². The third-order valence-electron chi connectivity index (χ3n) is 7.60. The van der Waals surface area contributed by atoms with Gasteiger partial charge >= 0.3 is 5.97 Å². The molecule has 3 heterocycles. The highest BCUT2D eigenvalue weighted by Crippen LogP contribution is 2.63. The first kappa shape index (κ1) is 26.4. The predicted octanol–water partition coefficient (Wildman–Crippen LogP) is 3.13. The first-order chi connectivity index (χ1) is 17.2. The lowest BCUT2D eigenvalue weighted by Gasteiger charge is -2.36. The zero-order valence-electron chi connectivity index (χ0n) is 20.5. The van der Waals surface area contributed by atoms with E-state index < -0.39 is 35.0 Å². The molecule has 9 heteroatoms. The summed E-state index contributed by atoms with van der Waals surface area (Å²) in [6, 6.07) is 5.91. The van der Waals surface area contributed by atoms with Gasteiger partial charge in [0.25, 0.3) is 5.91 Å². The lowest BCUT2D eigenvalue weighted by molar-refractivity contribution is -0.159. The minimum atomic E-state index is -1.16. The second kappa shape index (κ2) is 10.4. The number of esters is 1. The molecule has 3 saturated heterocycles. The fraction of sp³-hybridized carbons (Fsp3) is 0.519. The molecule has 194 valence electrons. The summed E-state index contributed by atoms with van der Waals surface area (Å²) in [5.41, 5.74) is -1.46. The highest BCUT2D eigenvalue weighted by molar-refractivity contribution is 6.30. The van der Waals surface area contributed by atoms with E-state index in [1.165, 1.54) is 4.90 Å². The molecule has 8 nitrogen and oxygen atoms in total. The summed E-state index contributed by atoms with van der Waals surface area (Å²) in [7, 11) is 0. The SMILES string of the molecule is C=CCCOC(=O)[C@@H]1[C@H]2C(=O)N(CCCO)C(C(=O)N(CC=C)c3ccc(Cl)cc3)C23CC[C@@]1(C)O3. The topological polar surface area (TPSA) is 96.4 Å². The smallest absolute Gasteiger partial charge is 0.312 e. The second-order valence-corrected chi connectivity index (χ2v) is 10.2. The van der Waals surface area contributed by atoms with E-state index in [0.29, 0.717) is 36.4 Å². The Kier molecular flexibility index (Phi) is 7.59. The molecule has 3 aliphatic rings. The Labute approximate surface area is 216 Å². The van der Waals surface area contributed by atoms with E-state index in [1.807, 2.05) is 6.92 Å². The van der Waals surface area contributed by atoms with Crippen LogP contribution in [-0.2, 0) is 23.9 Å². The van der Waals surface area contributed by atoms with Gasteiger partial charge in [0.1, 0.15) is 17.6 Å². The van der Waals surface area contributed by atoms with E-state index >= 15 is 0 Å². The summed E-state index contributed by atoms with van der Waals surface area (Å²) >= 11 is 6.06. The highest BCUT2D eigenvalue weighted by atomic mass is 35.5. The van der Waals surface area contributed by atoms with Crippen molar-refractivity contribution < 1.29 is 29.0 Å². The number of halogens is 1. The van der Waals surface area contributed by atoms with E-state index in [1.54, 1.807) is 41.3 Å². The number of rotatable bonds is 11. The van der Waals surface area contributed by atoms with Crippen molar-refractivity contribution in [3.05, 3.63) is 54.6 Å². The van der Waals surface area contributed by atoms with Gasteiger partial charge in [-0.05, 0) is 56.9 Å². The number of likely N-dealkylation sites (tertiary alicyclic amines) is 1. The molecular formula is C27H33ClN2O6. The Morgan fingerprint density at radius 1 is 1.28 bits per heavy atom. The molecule has 0 saturated carbocycles. The Balaban J connectivity index is 1.74. The Hall–Kier alpha value is -2.68. The summed E-state index contributed by atoms with van der Waals surface area (Å²) < 4.78 is 12.1. The number of anilines is 1. The van der Waals surface area contributed by atoms with E-state index in [4.69, 9.17) is 21.1 Å². The zero-order chi connectivity index (χ0) is 26.1. The zero-order valence-corrected chi connectivity index (χ0v) is 21.3. The molecule has 1 spiro atoms. The molecule has 1 aromatic rings. The van der Waals surface area contributed by atoms with Crippen molar-refractivity contribution in [2.24, 2.45) is 11.8 Å². The maximum Gasteiger partial charge on any atom is 0.312 e. The molecule has 2 bridgehead atoms. The molecule has 3 aliphatic heterocycles. The van der Waals surface area contributed by atoms with Crippen molar-refractivity contribution in [2.75, 3.05) is 31.2 Å². The minimum absolute atomic E-state index is 0.137. The first-order valence-corrected chi connectivity index (χ1v) is 12.7. The van der Waals surface area contributed by atoms with Gasteiger partial charge < -0.3 is 24.4 Å². The van der Waals surface area contributed by atoms with Crippen LogP contribution in [0.25, 0.3) is 0 Å². The van der Waals surface area contributed by atoms with Crippen LogP contribution in [0.3, 0.4) is 0 Å². The van der Waals surface area contributed by atoms with Crippen LogP contribution in [-0.4, -0.2) is 71.3 Å². The monoisotopic (exact) mass is 516 g/mol. The van der Waals surface area contributed by atoms with Crippen molar-refractivity contribution in [3.63, 3.8) is 0 Å². The van der Waals surface area contributed by atoms with Gasteiger partial charge in [-0.25, -0.2) is 0 Å². The molecule has 4 rings (SSSR count). The Morgan fingerprint density at radius 2 is 2.00 bits per heavy atom. The Bertz CT molecular complexity index is 1050. The number of aliphatic hydroxyl groups excluding tert-OH is 1. The van der Waals surface area contributed by atoms with Crippen LogP contribution < -0.4 is 4.90 Å². The lowest BCUT2D eigenvalue weighted by Crippen LogP contribution is -2.56. The van der Waals surface area contributed by atoms with Gasteiger partial charge in [0, 0.05) is 30.4 Å². The van der Waals surface area contributed by atoms with Crippen LogP contribution in [0.1, 0.15) is 32.6 Å². The molecule has 36 heavy (non-hydrogen) atoms. The maximum absolute atomic E-state index is 14.2. The standard InChI is InChI=1S/C27H33ClN2O6/c1-4-6-17-35-25(34)21-20-23(32)30(15-7-16-31)22(27(20)13-12-26(21,3)36-27)24(33)29(14-5-2)19-10-8-18(28)9-11-19/h4-5,8-11,20-22,31H,1-2,6-7,12-17H2,3H3/t20-,21-,22?,26+,27?/m0/s1. The van der Waals surface area contributed by atoms with Crippen molar-refractivity contribution in [1.29, 1.82) is 0 Å². The number of benzene rings is 1. The maximum atomic E-state index is 14.2. The summed E-state index contributed by atoms with van der Waals surface area (Å²) in [5.74, 6) is -2.78. The molecular weight excluding hydrogens is 484 g/mol. The molecule has 2 amide bonds. The molecule has 1 aromatic carbocycles. The third-order valence-corrected chi connectivity index (χ3v) is 7.86. The quantitative estimate of drug-likeness (QED) is 0.276.